The van der Waals surface area contributed by atoms with Crippen LogP contribution < -0.4 is 18.9 Å². The van der Waals surface area contributed by atoms with E-state index in [1.807, 2.05) is 0 Å². The molecular formula is C25H29NO4. The fourth-order valence-electron chi connectivity index (χ4n) is 5.12. The summed E-state index contributed by atoms with van der Waals surface area (Å²) in [7, 11) is 3.39. The van der Waals surface area contributed by atoms with Crippen LogP contribution in [0, 0.1) is 0 Å². The van der Waals surface area contributed by atoms with E-state index in [1.54, 1.807) is 14.2 Å². The summed E-state index contributed by atoms with van der Waals surface area (Å²) in [6.07, 6.45) is 2.18. The van der Waals surface area contributed by atoms with Crippen molar-refractivity contribution >= 4 is 21.5 Å². The molecule has 0 amide bonds. The molecule has 0 bridgehead atoms. The van der Waals surface area contributed by atoms with Crippen molar-refractivity contribution < 1.29 is 18.9 Å². The molecule has 0 saturated heterocycles. The van der Waals surface area contributed by atoms with Gasteiger partial charge in [-0.1, -0.05) is 13.8 Å². The van der Waals surface area contributed by atoms with Gasteiger partial charge in [0.1, 0.15) is 13.2 Å². The standard InChI is InChI=1S/C25H29NO4/c1-5-15-9-16-17-10-22(27-3)23(28-4)11-18(17)19-12-24-25(30-8-7-29-24)13-20(19)21(16)14-26(15)6-2/h10-13,15H,5-9,14H2,1-4H3. The van der Waals surface area contributed by atoms with Crippen LogP contribution in [0.15, 0.2) is 24.3 Å². The lowest BCUT2D eigenvalue weighted by Gasteiger charge is -2.37. The molecular weight excluding hydrogens is 378 g/mol. The normalized spacial score (nSPS) is 18.5. The summed E-state index contributed by atoms with van der Waals surface area (Å²) >= 11 is 0. The zero-order valence-corrected chi connectivity index (χ0v) is 18.2. The summed E-state index contributed by atoms with van der Waals surface area (Å²) in [4.78, 5) is 2.59. The van der Waals surface area contributed by atoms with Gasteiger partial charge in [-0.05, 0) is 76.3 Å². The molecule has 0 spiro atoms. The van der Waals surface area contributed by atoms with E-state index < -0.39 is 0 Å². The molecule has 0 fully saturated rings. The highest BCUT2D eigenvalue weighted by Crippen LogP contribution is 2.45. The fourth-order valence-corrected chi connectivity index (χ4v) is 5.12. The maximum absolute atomic E-state index is 5.93. The molecule has 1 unspecified atom stereocenters. The number of methoxy groups -OCH3 is 2. The topological polar surface area (TPSA) is 40.2 Å². The predicted molar refractivity (Wildman–Crippen MR) is 119 cm³/mol. The van der Waals surface area contributed by atoms with Crippen molar-refractivity contribution in [2.75, 3.05) is 34.0 Å². The van der Waals surface area contributed by atoms with Crippen LogP contribution in [0.5, 0.6) is 23.0 Å². The van der Waals surface area contributed by atoms with Crippen molar-refractivity contribution in [3.63, 3.8) is 0 Å². The molecule has 5 rings (SSSR count). The van der Waals surface area contributed by atoms with Gasteiger partial charge in [0.25, 0.3) is 0 Å². The molecule has 158 valence electrons. The van der Waals surface area contributed by atoms with Crippen molar-refractivity contribution in [2.45, 2.75) is 39.3 Å². The zero-order chi connectivity index (χ0) is 20.8. The molecule has 3 aromatic carbocycles. The first kappa shape index (κ1) is 19.3. The summed E-state index contributed by atoms with van der Waals surface area (Å²) in [6, 6.07) is 9.13. The number of fused-ring (bicyclic) bond motifs is 7. The Morgan fingerprint density at radius 3 is 2.00 bits per heavy atom. The van der Waals surface area contributed by atoms with Gasteiger partial charge in [0.15, 0.2) is 23.0 Å². The fraction of sp³-hybridized carbons (Fsp3) is 0.440. The van der Waals surface area contributed by atoms with E-state index in [-0.39, 0.29) is 0 Å². The first-order chi connectivity index (χ1) is 14.7. The molecule has 5 nitrogen and oxygen atoms in total. The summed E-state index contributed by atoms with van der Waals surface area (Å²) in [5.74, 6) is 3.19. The Morgan fingerprint density at radius 2 is 1.40 bits per heavy atom. The second-order valence-electron chi connectivity index (χ2n) is 8.08. The van der Waals surface area contributed by atoms with Gasteiger partial charge in [0.2, 0.25) is 0 Å². The third-order valence-corrected chi connectivity index (χ3v) is 6.71. The minimum atomic E-state index is 0.549. The highest BCUT2D eigenvalue weighted by molar-refractivity contribution is 6.12. The molecule has 2 aliphatic heterocycles. The summed E-state index contributed by atoms with van der Waals surface area (Å²) in [6.45, 7) is 7.72. The SMILES string of the molecule is CCC1Cc2c(c3cc4c(cc3c3cc(OC)c(OC)cc23)OCCO4)CN1CC. The van der Waals surface area contributed by atoms with Gasteiger partial charge in [-0.3, -0.25) is 4.90 Å². The quantitative estimate of drug-likeness (QED) is 0.573. The first-order valence-electron chi connectivity index (χ1n) is 10.8. The van der Waals surface area contributed by atoms with E-state index in [9.17, 15) is 0 Å². The summed E-state index contributed by atoms with van der Waals surface area (Å²) < 4.78 is 23.1. The molecule has 30 heavy (non-hydrogen) atoms. The molecule has 0 N–H and O–H groups in total. The van der Waals surface area contributed by atoms with E-state index in [0.717, 1.165) is 48.9 Å². The minimum Gasteiger partial charge on any atom is -0.493 e. The predicted octanol–water partition coefficient (Wildman–Crippen LogP) is 4.94. The summed E-state index contributed by atoms with van der Waals surface area (Å²) in [5.41, 5.74) is 2.82. The van der Waals surface area contributed by atoms with Crippen molar-refractivity contribution in [1.29, 1.82) is 0 Å². The van der Waals surface area contributed by atoms with Crippen LogP contribution in [0.4, 0.5) is 0 Å². The lowest BCUT2D eigenvalue weighted by atomic mass is 9.84. The second kappa shape index (κ2) is 7.55. The van der Waals surface area contributed by atoms with Crippen LogP contribution in [-0.2, 0) is 13.0 Å². The van der Waals surface area contributed by atoms with Crippen LogP contribution in [0.1, 0.15) is 31.4 Å². The van der Waals surface area contributed by atoms with Crippen LogP contribution in [0.2, 0.25) is 0 Å². The molecule has 1 atom stereocenters. The molecule has 0 radical (unpaired) electrons. The van der Waals surface area contributed by atoms with Crippen molar-refractivity contribution in [3.05, 3.63) is 35.4 Å². The van der Waals surface area contributed by atoms with Gasteiger partial charge < -0.3 is 18.9 Å². The Hall–Kier alpha value is -2.66. The average molecular weight is 408 g/mol. The number of ether oxygens (including phenoxy) is 4. The van der Waals surface area contributed by atoms with Crippen LogP contribution in [0.3, 0.4) is 0 Å². The molecule has 0 saturated carbocycles. The van der Waals surface area contributed by atoms with Gasteiger partial charge >= 0.3 is 0 Å². The lowest BCUT2D eigenvalue weighted by molar-refractivity contribution is 0.171. The Kier molecular flexibility index (Phi) is 4.86. The summed E-state index contributed by atoms with van der Waals surface area (Å²) in [5, 5.41) is 4.86. The Bertz CT molecular complexity index is 1050. The van der Waals surface area contributed by atoms with Gasteiger partial charge in [0.05, 0.1) is 14.2 Å². The maximum Gasteiger partial charge on any atom is 0.162 e. The molecule has 0 aliphatic carbocycles. The third kappa shape index (κ3) is 2.87. The zero-order valence-electron chi connectivity index (χ0n) is 18.2. The van der Waals surface area contributed by atoms with E-state index in [4.69, 9.17) is 18.9 Å². The molecule has 3 aromatic rings. The number of benzene rings is 3. The molecule has 5 heteroatoms. The highest BCUT2D eigenvalue weighted by atomic mass is 16.6. The number of likely N-dealkylation sites (N-methyl/N-ethyl adjacent to an activating group) is 1. The highest BCUT2D eigenvalue weighted by Gasteiger charge is 2.29. The van der Waals surface area contributed by atoms with Crippen molar-refractivity contribution in [2.24, 2.45) is 0 Å². The van der Waals surface area contributed by atoms with Gasteiger partial charge in [-0.15, -0.1) is 0 Å². The van der Waals surface area contributed by atoms with E-state index in [1.165, 1.54) is 32.7 Å². The number of hydrogen-bond acceptors (Lipinski definition) is 5. The second-order valence-corrected chi connectivity index (χ2v) is 8.08. The largest absolute Gasteiger partial charge is 0.493 e. The van der Waals surface area contributed by atoms with Crippen molar-refractivity contribution in [3.8, 4) is 23.0 Å². The van der Waals surface area contributed by atoms with Crippen LogP contribution >= 0.6 is 0 Å². The smallest absolute Gasteiger partial charge is 0.162 e. The molecule has 0 aromatic heterocycles. The van der Waals surface area contributed by atoms with E-state index >= 15 is 0 Å². The maximum atomic E-state index is 5.93. The number of hydrogen-bond donors (Lipinski definition) is 0. The Labute approximate surface area is 177 Å². The molecule has 2 heterocycles. The average Bonchev–Trinajstić information content (AvgIpc) is 2.81. The number of rotatable bonds is 4. The number of nitrogens with zero attached hydrogens (tertiary/aromatic N) is 1. The van der Waals surface area contributed by atoms with E-state index in [0.29, 0.717) is 19.3 Å². The van der Waals surface area contributed by atoms with Crippen molar-refractivity contribution in [1.82, 2.24) is 4.90 Å². The monoisotopic (exact) mass is 407 g/mol. The minimum absolute atomic E-state index is 0.549. The molecule has 2 aliphatic rings. The van der Waals surface area contributed by atoms with Gasteiger partial charge in [0, 0.05) is 12.6 Å². The van der Waals surface area contributed by atoms with Crippen LogP contribution in [-0.4, -0.2) is 44.9 Å². The van der Waals surface area contributed by atoms with Gasteiger partial charge in [-0.2, -0.15) is 0 Å². The first-order valence-corrected chi connectivity index (χ1v) is 10.8. The Balaban J connectivity index is 1.88. The van der Waals surface area contributed by atoms with Gasteiger partial charge in [-0.25, -0.2) is 0 Å². The van der Waals surface area contributed by atoms with E-state index in [2.05, 4.69) is 43.0 Å². The Morgan fingerprint density at radius 1 is 0.833 bits per heavy atom. The van der Waals surface area contributed by atoms with Crippen LogP contribution in [0.25, 0.3) is 21.5 Å². The third-order valence-electron chi connectivity index (χ3n) is 6.71. The lowest BCUT2D eigenvalue weighted by Crippen LogP contribution is -2.40.